The van der Waals surface area contributed by atoms with E-state index in [1.165, 1.54) is 23.9 Å². The molecule has 0 aliphatic heterocycles. The standard InChI is InChI=1S/C20H18Cl3N5O2S/c1-2-28-16(10-24-19(30)12-6-4-3-5-7-12)26-27-20(28)31-11-17(29)25-18-14(22)8-13(21)9-15(18)23/h3-9H,2,10-11H2,1H3,(H,24,30)(H,25,29). The number of rotatable bonds is 8. The normalized spacial score (nSPS) is 10.7. The zero-order chi connectivity index (χ0) is 22.4. The fourth-order valence-electron chi connectivity index (χ4n) is 2.69. The second-order valence-corrected chi connectivity index (χ2v) is 8.47. The molecule has 1 aromatic heterocycles. The number of benzene rings is 2. The third-order valence-electron chi connectivity index (χ3n) is 4.16. The summed E-state index contributed by atoms with van der Waals surface area (Å²) in [6, 6.07) is 11.9. The van der Waals surface area contributed by atoms with Crippen molar-refractivity contribution >= 4 is 64.1 Å². The number of nitrogens with one attached hydrogen (secondary N) is 2. The lowest BCUT2D eigenvalue weighted by Crippen LogP contribution is -2.24. The first kappa shape index (κ1) is 23.4. The number of anilines is 1. The Morgan fingerprint density at radius 2 is 1.74 bits per heavy atom. The summed E-state index contributed by atoms with van der Waals surface area (Å²) in [5, 5.41) is 15.2. The Kier molecular flexibility index (Phi) is 8.20. The highest BCUT2D eigenvalue weighted by Gasteiger charge is 2.16. The molecule has 11 heteroatoms. The lowest BCUT2D eigenvalue weighted by atomic mass is 10.2. The fourth-order valence-corrected chi connectivity index (χ4v) is 4.43. The van der Waals surface area contributed by atoms with Crippen LogP contribution in [-0.4, -0.2) is 32.3 Å². The molecule has 0 fully saturated rings. The maximum absolute atomic E-state index is 12.4. The van der Waals surface area contributed by atoms with Gasteiger partial charge in [-0.25, -0.2) is 0 Å². The number of carbonyl (C=O) groups is 2. The molecular formula is C20H18Cl3N5O2S. The Balaban J connectivity index is 1.59. The predicted octanol–water partition coefficient (Wildman–Crippen LogP) is 4.92. The first-order chi connectivity index (χ1) is 14.9. The molecule has 1 heterocycles. The van der Waals surface area contributed by atoms with Crippen LogP contribution in [0.5, 0.6) is 0 Å². The quantitative estimate of drug-likeness (QED) is 0.430. The van der Waals surface area contributed by atoms with Crippen LogP contribution in [-0.2, 0) is 17.9 Å². The molecule has 3 rings (SSSR count). The summed E-state index contributed by atoms with van der Waals surface area (Å²) in [4.78, 5) is 24.6. The number of carbonyl (C=O) groups excluding carboxylic acids is 2. The van der Waals surface area contributed by atoms with Gasteiger partial charge >= 0.3 is 0 Å². The highest BCUT2D eigenvalue weighted by Crippen LogP contribution is 2.33. The molecule has 0 atom stereocenters. The van der Waals surface area contributed by atoms with Gasteiger partial charge in [-0.1, -0.05) is 64.8 Å². The van der Waals surface area contributed by atoms with Crippen molar-refractivity contribution in [2.75, 3.05) is 11.1 Å². The van der Waals surface area contributed by atoms with Gasteiger partial charge in [0, 0.05) is 17.1 Å². The van der Waals surface area contributed by atoms with Crippen LogP contribution in [0, 0.1) is 0 Å². The third-order valence-corrected chi connectivity index (χ3v) is 5.94. The fraction of sp³-hybridized carbons (Fsp3) is 0.200. The topological polar surface area (TPSA) is 88.9 Å². The summed E-state index contributed by atoms with van der Waals surface area (Å²) in [6.45, 7) is 2.74. The summed E-state index contributed by atoms with van der Waals surface area (Å²) < 4.78 is 1.84. The molecule has 7 nitrogen and oxygen atoms in total. The van der Waals surface area contributed by atoms with E-state index >= 15 is 0 Å². The molecule has 162 valence electrons. The molecule has 0 radical (unpaired) electrons. The number of nitrogens with zero attached hydrogens (tertiary/aromatic N) is 3. The van der Waals surface area contributed by atoms with Crippen LogP contribution in [0.15, 0.2) is 47.6 Å². The Hall–Kier alpha value is -2.26. The summed E-state index contributed by atoms with van der Waals surface area (Å²) in [5.74, 6) is 0.166. The Labute approximate surface area is 198 Å². The molecular weight excluding hydrogens is 481 g/mol. The summed E-state index contributed by atoms with van der Waals surface area (Å²) in [7, 11) is 0. The van der Waals surface area contributed by atoms with Crippen molar-refractivity contribution in [1.82, 2.24) is 20.1 Å². The molecule has 2 aromatic carbocycles. The first-order valence-corrected chi connectivity index (χ1v) is 11.3. The number of hydrogen-bond acceptors (Lipinski definition) is 5. The third kappa shape index (κ3) is 6.13. The smallest absolute Gasteiger partial charge is 0.251 e. The van der Waals surface area contributed by atoms with E-state index in [0.717, 1.165) is 0 Å². The maximum Gasteiger partial charge on any atom is 0.251 e. The molecule has 31 heavy (non-hydrogen) atoms. The largest absolute Gasteiger partial charge is 0.345 e. The Bertz CT molecular complexity index is 1070. The molecule has 3 aromatic rings. The summed E-state index contributed by atoms with van der Waals surface area (Å²) in [6.07, 6.45) is 0. The number of thioether (sulfide) groups is 1. The van der Waals surface area contributed by atoms with Gasteiger partial charge in [-0.15, -0.1) is 10.2 Å². The van der Waals surface area contributed by atoms with Crippen LogP contribution in [0.2, 0.25) is 15.1 Å². The van der Waals surface area contributed by atoms with Gasteiger partial charge in [0.2, 0.25) is 5.91 Å². The number of amides is 2. The van der Waals surface area contributed by atoms with Crippen molar-refractivity contribution in [2.24, 2.45) is 0 Å². The van der Waals surface area contributed by atoms with Gasteiger partial charge in [-0.2, -0.15) is 0 Å². The van der Waals surface area contributed by atoms with E-state index in [0.29, 0.717) is 33.8 Å². The van der Waals surface area contributed by atoms with Gasteiger partial charge in [0.15, 0.2) is 11.0 Å². The summed E-state index contributed by atoms with van der Waals surface area (Å²) >= 11 is 19.3. The molecule has 0 saturated carbocycles. The highest BCUT2D eigenvalue weighted by molar-refractivity contribution is 7.99. The first-order valence-electron chi connectivity index (χ1n) is 9.21. The second-order valence-electron chi connectivity index (χ2n) is 6.27. The van der Waals surface area contributed by atoms with E-state index in [1.807, 2.05) is 17.6 Å². The van der Waals surface area contributed by atoms with Gasteiger partial charge in [0.25, 0.3) is 5.91 Å². The second kappa shape index (κ2) is 10.9. The molecule has 2 N–H and O–H groups in total. The predicted molar refractivity (Wildman–Crippen MR) is 124 cm³/mol. The van der Waals surface area contributed by atoms with Crippen molar-refractivity contribution in [3.8, 4) is 0 Å². The molecule has 0 aliphatic carbocycles. The van der Waals surface area contributed by atoms with E-state index in [-0.39, 0.29) is 34.2 Å². The monoisotopic (exact) mass is 497 g/mol. The minimum absolute atomic E-state index is 0.0732. The minimum Gasteiger partial charge on any atom is -0.345 e. The average Bonchev–Trinajstić information content (AvgIpc) is 3.15. The Morgan fingerprint density at radius 1 is 1.06 bits per heavy atom. The van der Waals surface area contributed by atoms with Crippen molar-refractivity contribution in [3.05, 3.63) is 68.9 Å². The van der Waals surface area contributed by atoms with Crippen LogP contribution < -0.4 is 10.6 Å². The van der Waals surface area contributed by atoms with Crippen LogP contribution in [0.1, 0.15) is 23.1 Å². The highest BCUT2D eigenvalue weighted by atomic mass is 35.5. The van der Waals surface area contributed by atoms with E-state index in [9.17, 15) is 9.59 Å². The molecule has 0 saturated heterocycles. The lowest BCUT2D eigenvalue weighted by molar-refractivity contribution is -0.113. The van der Waals surface area contributed by atoms with E-state index in [4.69, 9.17) is 34.8 Å². The number of aromatic nitrogens is 3. The van der Waals surface area contributed by atoms with E-state index in [2.05, 4.69) is 20.8 Å². The molecule has 0 unspecified atom stereocenters. The van der Waals surface area contributed by atoms with Crippen LogP contribution in [0.3, 0.4) is 0 Å². The van der Waals surface area contributed by atoms with Gasteiger partial charge < -0.3 is 15.2 Å². The SMILES string of the molecule is CCn1c(CNC(=O)c2ccccc2)nnc1SCC(=O)Nc1c(Cl)cc(Cl)cc1Cl. The average molecular weight is 499 g/mol. The molecule has 0 spiro atoms. The van der Waals surface area contributed by atoms with Gasteiger partial charge in [-0.05, 0) is 31.2 Å². The van der Waals surface area contributed by atoms with Crippen molar-refractivity contribution in [3.63, 3.8) is 0 Å². The van der Waals surface area contributed by atoms with Crippen molar-refractivity contribution in [1.29, 1.82) is 0 Å². The number of hydrogen-bond donors (Lipinski definition) is 2. The van der Waals surface area contributed by atoms with Gasteiger partial charge in [0.1, 0.15) is 0 Å². The van der Waals surface area contributed by atoms with Crippen molar-refractivity contribution in [2.45, 2.75) is 25.2 Å². The van der Waals surface area contributed by atoms with Gasteiger partial charge in [0.05, 0.1) is 28.0 Å². The zero-order valence-electron chi connectivity index (χ0n) is 16.4. The molecule has 0 aliphatic rings. The molecule has 2 amide bonds. The number of halogens is 3. The van der Waals surface area contributed by atoms with E-state index in [1.54, 1.807) is 24.3 Å². The van der Waals surface area contributed by atoms with E-state index < -0.39 is 0 Å². The van der Waals surface area contributed by atoms with Crippen LogP contribution in [0.25, 0.3) is 0 Å². The summed E-state index contributed by atoms with van der Waals surface area (Å²) in [5.41, 5.74) is 0.871. The Morgan fingerprint density at radius 3 is 2.39 bits per heavy atom. The van der Waals surface area contributed by atoms with Crippen molar-refractivity contribution < 1.29 is 9.59 Å². The van der Waals surface area contributed by atoms with Crippen LogP contribution >= 0.6 is 46.6 Å². The van der Waals surface area contributed by atoms with Crippen LogP contribution in [0.4, 0.5) is 5.69 Å². The maximum atomic E-state index is 12.4. The zero-order valence-corrected chi connectivity index (χ0v) is 19.4. The minimum atomic E-state index is -0.305. The van der Waals surface area contributed by atoms with Gasteiger partial charge in [-0.3, -0.25) is 9.59 Å². The lowest BCUT2D eigenvalue weighted by Gasteiger charge is -2.10. The molecule has 0 bridgehead atoms.